The third kappa shape index (κ3) is 7.23. The standard InChI is InChI=1S/C29H32O6/c1-21-26(31-18-23-12-6-3-7-13-23)27(32-19-24-14-8-4-9-15-24)28(29(34-21)35-22(2)30)33-20-25-16-10-5-11-17-25/h3-17,21,26-29H,18-20H2,1-2H3/t21-,26-,27+,28-,29+/m1/s1. The zero-order chi connectivity index (χ0) is 24.5. The Labute approximate surface area is 206 Å². The first kappa shape index (κ1) is 25.1. The number of carbonyl (C=O) groups excluding carboxylic acids is 1. The topological polar surface area (TPSA) is 63.2 Å². The van der Waals surface area contributed by atoms with Gasteiger partial charge in [-0.2, -0.15) is 0 Å². The predicted octanol–water partition coefficient (Wildman–Crippen LogP) is 5.05. The lowest BCUT2D eigenvalue weighted by atomic mass is 9.98. The largest absolute Gasteiger partial charge is 0.433 e. The van der Waals surface area contributed by atoms with Gasteiger partial charge < -0.3 is 23.7 Å². The van der Waals surface area contributed by atoms with Gasteiger partial charge >= 0.3 is 5.97 Å². The third-order valence-corrected chi connectivity index (χ3v) is 5.87. The van der Waals surface area contributed by atoms with Crippen LogP contribution in [0.3, 0.4) is 0 Å². The van der Waals surface area contributed by atoms with Crippen LogP contribution in [0.25, 0.3) is 0 Å². The van der Waals surface area contributed by atoms with E-state index in [0.717, 1.165) is 16.7 Å². The zero-order valence-corrected chi connectivity index (χ0v) is 20.1. The molecule has 1 aliphatic heterocycles. The molecule has 0 spiro atoms. The van der Waals surface area contributed by atoms with Crippen molar-refractivity contribution in [1.82, 2.24) is 0 Å². The van der Waals surface area contributed by atoms with E-state index in [0.29, 0.717) is 19.8 Å². The minimum absolute atomic E-state index is 0.317. The molecule has 3 aromatic rings. The Morgan fingerprint density at radius 1 is 0.657 bits per heavy atom. The molecule has 5 atom stereocenters. The summed E-state index contributed by atoms with van der Waals surface area (Å²) in [6.45, 7) is 4.34. The van der Waals surface area contributed by atoms with Crippen molar-refractivity contribution >= 4 is 5.97 Å². The summed E-state index contributed by atoms with van der Waals surface area (Å²) in [7, 11) is 0. The molecule has 0 unspecified atom stereocenters. The first-order valence-electron chi connectivity index (χ1n) is 11.9. The number of ether oxygens (including phenoxy) is 5. The molecule has 4 rings (SSSR count). The van der Waals surface area contributed by atoms with Crippen LogP contribution >= 0.6 is 0 Å². The summed E-state index contributed by atoms with van der Waals surface area (Å²) in [5, 5.41) is 0. The van der Waals surface area contributed by atoms with Crippen LogP contribution in [0.5, 0.6) is 0 Å². The summed E-state index contributed by atoms with van der Waals surface area (Å²) in [4.78, 5) is 11.9. The lowest BCUT2D eigenvalue weighted by molar-refractivity contribution is -0.311. The molecule has 0 amide bonds. The maximum absolute atomic E-state index is 11.9. The maximum atomic E-state index is 11.9. The lowest BCUT2D eigenvalue weighted by Gasteiger charge is -2.44. The predicted molar refractivity (Wildman–Crippen MR) is 131 cm³/mol. The monoisotopic (exact) mass is 476 g/mol. The van der Waals surface area contributed by atoms with E-state index >= 15 is 0 Å². The molecular weight excluding hydrogens is 444 g/mol. The number of benzene rings is 3. The molecule has 1 aliphatic rings. The molecule has 0 aromatic heterocycles. The fourth-order valence-electron chi connectivity index (χ4n) is 4.13. The third-order valence-electron chi connectivity index (χ3n) is 5.87. The van der Waals surface area contributed by atoms with Crippen molar-refractivity contribution in [3.63, 3.8) is 0 Å². The smallest absolute Gasteiger partial charge is 0.305 e. The first-order valence-corrected chi connectivity index (χ1v) is 11.9. The molecule has 1 fully saturated rings. The highest BCUT2D eigenvalue weighted by atomic mass is 16.7. The molecule has 35 heavy (non-hydrogen) atoms. The molecule has 0 N–H and O–H groups in total. The van der Waals surface area contributed by atoms with E-state index in [1.807, 2.05) is 97.9 Å². The minimum Gasteiger partial charge on any atom is -0.433 e. The molecule has 0 aliphatic carbocycles. The fourth-order valence-corrected chi connectivity index (χ4v) is 4.13. The molecule has 0 saturated carbocycles. The first-order chi connectivity index (χ1) is 17.1. The number of hydrogen-bond donors (Lipinski definition) is 0. The van der Waals surface area contributed by atoms with Gasteiger partial charge in [0.1, 0.15) is 18.3 Å². The van der Waals surface area contributed by atoms with Crippen molar-refractivity contribution in [2.24, 2.45) is 0 Å². The maximum Gasteiger partial charge on any atom is 0.305 e. The Kier molecular flexibility index (Phi) is 9.03. The Morgan fingerprint density at radius 2 is 1.06 bits per heavy atom. The van der Waals surface area contributed by atoms with Gasteiger partial charge in [0.05, 0.1) is 25.9 Å². The Bertz CT molecular complexity index is 1030. The van der Waals surface area contributed by atoms with Crippen LogP contribution in [0.2, 0.25) is 0 Å². The Morgan fingerprint density at radius 3 is 1.49 bits per heavy atom. The SMILES string of the molecule is CC(=O)O[C@@H]1O[C@H](C)[C@@H](OCc2ccccc2)[C@H](OCc2ccccc2)[C@H]1OCc1ccccc1. The van der Waals surface area contributed by atoms with Gasteiger partial charge in [0, 0.05) is 6.92 Å². The summed E-state index contributed by atoms with van der Waals surface area (Å²) < 4.78 is 30.7. The molecule has 0 radical (unpaired) electrons. The van der Waals surface area contributed by atoms with Crippen LogP contribution in [0.1, 0.15) is 30.5 Å². The van der Waals surface area contributed by atoms with Crippen molar-refractivity contribution in [2.75, 3.05) is 0 Å². The van der Waals surface area contributed by atoms with Crippen LogP contribution in [0.15, 0.2) is 91.0 Å². The highest BCUT2D eigenvalue weighted by Crippen LogP contribution is 2.31. The second-order valence-corrected chi connectivity index (χ2v) is 8.60. The Balaban J connectivity index is 1.57. The average molecular weight is 477 g/mol. The van der Waals surface area contributed by atoms with Gasteiger partial charge in [-0.1, -0.05) is 91.0 Å². The molecular formula is C29H32O6. The van der Waals surface area contributed by atoms with E-state index in [1.165, 1.54) is 6.92 Å². The van der Waals surface area contributed by atoms with Gasteiger partial charge in [0.15, 0.2) is 0 Å². The second-order valence-electron chi connectivity index (χ2n) is 8.60. The highest BCUT2D eigenvalue weighted by Gasteiger charge is 2.48. The summed E-state index contributed by atoms with van der Waals surface area (Å²) in [6.07, 6.45) is -2.95. The average Bonchev–Trinajstić information content (AvgIpc) is 2.88. The fraction of sp³-hybridized carbons (Fsp3) is 0.345. The quantitative estimate of drug-likeness (QED) is 0.382. The van der Waals surface area contributed by atoms with Gasteiger partial charge in [-0.15, -0.1) is 0 Å². The Hall–Kier alpha value is -3.03. The van der Waals surface area contributed by atoms with E-state index in [2.05, 4.69) is 0 Å². The van der Waals surface area contributed by atoms with E-state index < -0.39 is 30.6 Å². The van der Waals surface area contributed by atoms with Crippen LogP contribution in [-0.4, -0.2) is 36.7 Å². The summed E-state index contributed by atoms with van der Waals surface area (Å²) in [5.74, 6) is -0.444. The van der Waals surface area contributed by atoms with Gasteiger partial charge in [-0.05, 0) is 23.6 Å². The van der Waals surface area contributed by atoms with Crippen molar-refractivity contribution in [1.29, 1.82) is 0 Å². The lowest BCUT2D eigenvalue weighted by Crippen LogP contribution is -2.60. The van der Waals surface area contributed by atoms with E-state index in [4.69, 9.17) is 23.7 Å². The van der Waals surface area contributed by atoms with Crippen LogP contribution in [0.4, 0.5) is 0 Å². The van der Waals surface area contributed by atoms with E-state index in [1.54, 1.807) is 0 Å². The molecule has 1 saturated heterocycles. The molecule has 6 nitrogen and oxygen atoms in total. The van der Waals surface area contributed by atoms with Gasteiger partial charge in [0.2, 0.25) is 6.29 Å². The molecule has 6 heteroatoms. The molecule has 0 bridgehead atoms. The van der Waals surface area contributed by atoms with Crippen LogP contribution in [0, 0.1) is 0 Å². The van der Waals surface area contributed by atoms with Gasteiger partial charge in [-0.25, -0.2) is 0 Å². The van der Waals surface area contributed by atoms with Crippen molar-refractivity contribution < 1.29 is 28.5 Å². The molecule has 3 aromatic carbocycles. The number of rotatable bonds is 10. The number of carbonyl (C=O) groups is 1. The normalized spacial score (nSPS) is 24.1. The molecule has 184 valence electrons. The zero-order valence-electron chi connectivity index (χ0n) is 20.1. The molecule has 1 heterocycles. The highest BCUT2D eigenvalue weighted by molar-refractivity contribution is 5.66. The van der Waals surface area contributed by atoms with E-state index in [9.17, 15) is 4.79 Å². The second kappa shape index (κ2) is 12.6. The van der Waals surface area contributed by atoms with Crippen molar-refractivity contribution in [3.8, 4) is 0 Å². The number of hydrogen-bond acceptors (Lipinski definition) is 6. The summed E-state index contributed by atoms with van der Waals surface area (Å²) >= 11 is 0. The number of esters is 1. The van der Waals surface area contributed by atoms with E-state index in [-0.39, 0.29) is 6.10 Å². The van der Waals surface area contributed by atoms with Gasteiger partial charge in [-0.3, -0.25) is 4.79 Å². The van der Waals surface area contributed by atoms with Crippen molar-refractivity contribution in [3.05, 3.63) is 108 Å². The van der Waals surface area contributed by atoms with Crippen LogP contribution in [-0.2, 0) is 48.3 Å². The van der Waals surface area contributed by atoms with Gasteiger partial charge in [0.25, 0.3) is 0 Å². The van der Waals surface area contributed by atoms with Crippen molar-refractivity contribution in [2.45, 2.75) is 64.4 Å². The van der Waals surface area contributed by atoms with Crippen LogP contribution < -0.4 is 0 Å². The summed E-state index contributed by atoms with van der Waals surface area (Å²) in [5.41, 5.74) is 3.07. The minimum atomic E-state index is -0.913. The summed E-state index contributed by atoms with van der Waals surface area (Å²) in [6, 6.07) is 29.7.